The van der Waals surface area contributed by atoms with Crippen LogP contribution in [0.4, 0.5) is 5.82 Å². The lowest BCUT2D eigenvalue weighted by Crippen LogP contribution is -2.11. The number of fused-ring (bicyclic) bond motifs is 1. The monoisotopic (exact) mass is 247 g/mol. The van der Waals surface area contributed by atoms with E-state index in [4.69, 9.17) is 0 Å². The van der Waals surface area contributed by atoms with Gasteiger partial charge in [-0.2, -0.15) is 0 Å². The first-order chi connectivity index (χ1) is 8.58. The molecule has 0 aromatic carbocycles. The van der Waals surface area contributed by atoms with Gasteiger partial charge in [0.25, 0.3) is 0 Å². The van der Waals surface area contributed by atoms with Crippen molar-refractivity contribution in [3.05, 3.63) is 12.7 Å². The number of carbonyl (C=O) groups is 2. The third-order valence-corrected chi connectivity index (χ3v) is 2.30. The van der Waals surface area contributed by atoms with Crippen molar-refractivity contribution in [2.45, 2.75) is 20.4 Å². The van der Waals surface area contributed by atoms with Crippen molar-refractivity contribution in [1.29, 1.82) is 0 Å². The molecule has 0 atom stereocenters. The van der Waals surface area contributed by atoms with Gasteiger partial charge in [0.2, 0.25) is 0 Å². The number of rotatable bonds is 5. The molecule has 7 heteroatoms. The number of imidazole rings is 1. The molecule has 2 rings (SSSR count). The third-order valence-electron chi connectivity index (χ3n) is 2.30. The molecule has 0 aliphatic heterocycles. The van der Waals surface area contributed by atoms with Crippen LogP contribution >= 0.6 is 0 Å². The van der Waals surface area contributed by atoms with Gasteiger partial charge in [0, 0.05) is 0 Å². The number of hydrogen-bond acceptors (Lipinski definition) is 6. The quantitative estimate of drug-likeness (QED) is 0.823. The van der Waals surface area contributed by atoms with Gasteiger partial charge in [-0.25, -0.2) is 15.0 Å². The van der Waals surface area contributed by atoms with Crippen molar-refractivity contribution in [3.8, 4) is 0 Å². The molecule has 0 spiro atoms. The minimum Gasteiger partial charge on any atom is -0.361 e. The minimum atomic E-state index is 0.00457. The summed E-state index contributed by atoms with van der Waals surface area (Å²) in [6.07, 6.45) is 2.92. The Bertz CT molecular complexity index is 604. The van der Waals surface area contributed by atoms with Gasteiger partial charge >= 0.3 is 0 Å². The number of carbonyl (C=O) groups excluding carboxylic acids is 2. The zero-order valence-corrected chi connectivity index (χ0v) is 10.2. The first-order valence-electron chi connectivity index (χ1n) is 5.46. The summed E-state index contributed by atoms with van der Waals surface area (Å²) in [5.74, 6) is 0.522. The topological polar surface area (TPSA) is 89.8 Å². The van der Waals surface area contributed by atoms with Crippen molar-refractivity contribution in [2.24, 2.45) is 0 Å². The molecule has 18 heavy (non-hydrogen) atoms. The Morgan fingerprint density at radius 2 is 2.00 bits per heavy atom. The number of anilines is 1. The molecule has 2 aromatic heterocycles. The molecule has 0 unspecified atom stereocenters. The molecule has 0 saturated heterocycles. The summed E-state index contributed by atoms with van der Waals surface area (Å²) in [6, 6.07) is 0. The number of hydrogen-bond donors (Lipinski definition) is 1. The van der Waals surface area contributed by atoms with Crippen LogP contribution in [0.5, 0.6) is 0 Å². The molecule has 0 saturated carbocycles. The zero-order valence-electron chi connectivity index (χ0n) is 10.2. The second-order valence-electron chi connectivity index (χ2n) is 4.02. The largest absolute Gasteiger partial charge is 0.361 e. The minimum absolute atomic E-state index is 0.00457. The molecule has 2 heterocycles. The number of ketones is 2. The van der Waals surface area contributed by atoms with Crippen molar-refractivity contribution < 1.29 is 9.59 Å². The summed E-state index contributed by atoms with van der Waals surface area (Å²) in [4.78, 5) is 34.3. The van der Waals surface area contributed by atoms with E-state index in [2.05, 4.69) is 20.3 Å². The fraction of sp³-hybridized carbons (Fsp3) is 0.364. The molecule has 0 aliphatic carbocycles. The van der Waals surface area contributed by atoms with Crippen LogP contribution in [0, 0.1) is 0 Å². The number of aromatic nitrogens is 4. The van der Waals surface area contributed by atoms with Gasteiger partial charge < -0.3 is 9.88 Å². The summed E-state index contributed by atoms with van der Waals surface area (Å²) in [7, 11) is 0. The van der Waals surface area contributed by atoms with Gasteiger partial charge in [0.1, 0.15) is 23.4 Å². The molecule has 0 fully saturated rings. The first-order valence-corrected chi connectivity index (χ1v) is 5.46. The van der Waals surface area contributed by atoms with Crippen molar-refractivity contribution in [3.63, 3.8) is 0 Å². The van der Waals surface area contributed by atoms with Gasteiger partial charge in [-0.15, -0.1) is 0 Å². The smallest absolute Gasteiger partial charge is 0.165 e. The zero-order chi connectivity index (χ0) is 13.1. The maximum absolute atomic E-state index is 11.1. The van der Waals surface area contributed by atoms with Crippen molar-refractivity contribution in [2.75, 3.05) is 11.9 Å². The Morgan fingerprint density at radius 3 is 2.67 bits per heavy atom. The van der Waals surface area contributed by atoms with E-state index in [0.717, 1.165) is 0 Å². The Hall–Kier alpha value is -2.31. The Morgan fingerprint density at radius 1 is 1.22 bits per heavy atom. The van der Waals surface area contributed by atoms with Crippen LogP contribution in [0.3, 0.4) is 0 Å². The lowest BCUT2D eigenvalue weighted by molar-refractivity contribution is -0.117. The van der Waals surface area contributed by atoms with Crippen LogP contribution in [-0.2, 0) is 16.1 Å². The average Bonchev–Trinajstić information content (AvgIpc) is 2.69. The molecular formula is C11H13N5O2. The Kier molecular flexibility index (Phi) is 3.31. The van der Waals surface area contributed by atoms with E-state index in [1.165, 1.54) is 20.2 Å². The predicted octanol–water partition coefficient (Wildman–Crippen LogP) is 0.416. The molecule has 94 valence electrons. The van der Waals surface area contributed by atoms with Crippen LogP contribution < -0.4 is 5.32 Å². The van der Waals surface area contributed by atoms with Gasteiger partial charge in [-0.3, -0.25) is 9.59 Å². The summed E-state index contributed by atoms with van der Waals surface area (Å²) >= 11 is 0. The van der Waals surface area contributed by atoms with E-state index in [-0.39, 0.29) is 24.7 Å². The highest BCUT2D eigenvalue weighted by Crippen LogP contribution is 2.16. The van der Waals surface area contributed by atoms with Crippen molar-refractivity contribution >= 4 is 28.5 Å². The Balaban J connectivity index is 2.35. The third kappa shape index (κ3) is 2.50. The Labute approximate surface area is 103 Å². The van der Waals surface area contributed by atoms with Crippen LogP contribution in [0.25, 0.3) is 11.2 Å². The lowest BCUT2D eigenvalue weighted by Gasteiger charge is -2.04. The van der Waals surface area contributed by atoms with Gasteiger partial charge in [0.15, 0.2) is 11.5 Å². The summed E-state index contributed by atoms with van der Waals surface area (Å²) < 4.78 is 1.65. The maximum Gasteiger partial charge on any atom is 0.165 e. The number of nitrogens with one attached hydrogen (secondary N) is 1. The average molecular weight is 247 g/mol. The summed E-state index contributed by atoms with van der Waals surface area (Å²) in [6.45, 7) is 3.40. The second kappa shape index (κ2) is 4.91. The van der Waals surface area contributed by atoms with Crippen molar-refractivity contribution in [1.82, 2.24) is 19.5 Å². The molecule has 7 nitrogen and oxygen atoms in total. The van der Waals surface area contributed by atoms with E-state index in [0.29, 0.717) is 17.0 Å². The summed E-state index contributed by atoms with van der Waals surface area (Å²) in [5, 5.41) is 2.89. The molecule has 0 amide bonds. The first kappa shape index (κ1) is 12.2. The standard InChI is InChI=1S/C11H13N5O2/c1-7(17)3-12-10-9-11(14-5-13-10)16(6-15-9)4-8(2)18/h5-6H,3-4H2,1-2H3,(H,12,13,14). The number of Topliss-reactive ketones (excluding diaryl/α,β-unsaturated/α-hetero) is 2. The van der Waals surface area contributed by atoms with E-state index in [9.17, 15) is 9.59 Å². The number of nitrogens with zero attached hydrogens (tertiary/aromatic N) is 4. The molecule has 0 aliphatic rings. The van der Waals surface area contributed by atoms with E-state index >= 15 is 0 Å². The highest BCUT2D eigenvalue weighted by Gasteiger charge is 2.10. The highest BCUT2D eigenvalue weighted by atomic mass is 16.1. The lowest BCUT2D eigenvalue weighted by atomic mass is 10.4. The van der Waals surface area contributed by atoms with Gasteiger partial charge in [0.05, 0.1) is 19.4 Å². The van der Waals surface area contributed by atoms with E-state index < -0.39 is 0 Å². The molecule has 2 aromatic rings. The second-order valence-corrected chi connectivity index (χ2v) is 4.02. The molecule has 0 bridgehead atoms. The fourth-order valence-corrected chi connectivity index (χ4v) is 1.57. The van der Waals surface area contributed by atoms with Crippen LogP contribution in [0.15, 0.2) is 12.7 Å². The van der Waals surface area contributed by atoms with E-state index in [1.54, 1.807) is 10.9 Å². The van der Waals surface area contributed by atoms with Gasteiger partial charge in [-0.05, 0) is 13.8 Å². The fourth-order valence-electron chi connectivity index (χ4n) is 1.57. The predicted molar refractivity (Wildman–Crippen MR) is 65.2 cm³/mol. The molecule has 1 N–H and O–H groups in total. The normalized spacial score (nSPS) is 10.6. The van der Waals surface area contributed by atoms with Crippen LogP contribution in [-0.4, -0.2) is 37.6 Å². The van der Waals surface area contributed by atoms with Crippen LogP contribution in [0.2, 0.25) is 0 Å². The molecular weight excluding hydrogens is 234 g/mol. The van der Waals surface area contributed by atoms with E-state index in [1.807, 2.05) is 0 Å². The highest BCUT2D eigenvalue weighted by molar-refractivity contribution is 5.87. The SMILES string of the molecule is CC(=O)CNc1ncnc2c1ncn2CC(C)=O. The molecule has 0 radical (unpaired) electrons. The maximum atomic E-state index is 11.1. The van der Waals surface area contributed by atoms with Gasteiger partial charge in [-0.1, -0.05) is 0 Å². The summed E-state index contributed by atoms with van der Waals surface area (Å²) in [5.41, 5.74) is 1.13. The van der Waals surface area contributed by atoms with Crippen LogP contribution in [0.1, 0.15) is 13.8 Å².